The number of ether oxygens (including phenoxy) is 1. The van der Waals surface area contributed by atoms with Crippen molar-refractivity contribution in [2.45, 2.75) is 13.5 Å². The van der Waals surface area contributed by atoms with Crippen LogP contribution in [0.25, 0.3) is 17.0 Å². The van der Waals surface area contributed by atoms with Crippen LogP contribution >= 0.6 is 11.8 Å². The summed E-state index contributed by atoms with van der Waals surface area (Å²) in [7, 11) is 1.56. The number of imide groups is 1. The van der Waals surface area contributed by atoms with Crippen molar-refractivity contribution in [1.82, 2.24) is 9.47 Å². The zero-order valence-corrected chi connectivity index (χ0v) is 21.2. The Labute approximate surface area is 218 Å². The van der Waals surface area contributed by atoms with Crippen molar-refractivity contribution in [3.05, 3.63) is 101 Å². The Morgan fingerprint density at radius 3 is 2.57 bits per heavy atom. The lowest BCUT2D eigenvalue weighted by Gasteiger charge is -2.12. The van der Waals surface area contributed by atoms with Crippen molar-refractivity contribution < 1.29 is 19.1 Å². The van der Waals surface area contributed by atoms with Crippen LogP contribution in [0, 0.1) is 6.92 Å². The predicted molar refractivity (Wildman–Crippen MR) is 147 cm³/mol. The Bertz CT molecular complexity index is 1540. The average molecular weight is 512 g/mol. The van der Waals surface area contributed by atoms with Gasteiger partial charge in [-0.15, -0.1) is 0 Å². The van der Waals surface area contributed by atoms with Crippen LogP contribution in [0.3, 0.4) is 0 Å². The lowest BCUT2D eigenvalue weighted by atomic mass is 10.1. The maximum absolute atomic E-state index is 13.1. The second-order valence-corrected chi connectivity index (χ2v) is 9.76. The Balaban J connectivity index is 1.35. The molecule has 5 rings (SSSR count). The molecule has 0 unspecified atom stereocenters. The summed E-state index contributed by atoms with van der Waals surface area (Å²) in [6.07, 6.45) is 3.73. The van der Waals surface area contributed by atoms with Gasteiger partial charge < -0.3 is 14.6 Å². The molecule has 3 amide bonds. The lowest BCUT2D eigenvalue weighted by Crippen LogP contribution is -2.36. The first kappa shape index (κ1) is 24.4. The van der Waals surface area contributed by atoms with Crippen LogP contribution in [0.15, 0.2) is 83.9 Å². The van der Waals surface area contributed by atoms with Crippen molar-refractivity contribution in [3.8, 4) is 5.75 Å². The molecular formula is C29H25N3O4S. The smallest absolute Gasteiger partial charge is 0.294 e. The Hall–Kier alpha value is -4.30. The number of hydrogen-bond acceptors (Lipinski definition) is 5. The van der Waals surface area contributed by atoms with Crippen LogP contribution in [0.2, 0.25) is 0 Å². The van der Waals surface area contributed by atoms with Gasteiger partial charge in [-0.2, -0.15) is 0 Å². The molecule has 3 aromatic carbocycles. The zero-order valence-electron chi connectivity index (χ0n) is 20.4. The van der Waals surface area contributed by atoms with Gasteiger partial charge in [-0.25, -0.2) is 0 Å². The van der Waals surface area contributed by atoms with Gasteiger partial charge in [0.1, 0.15) is 12.3 Å². The van der Waals surface area contributed by atoms with E-state index in [0.29, 0.717) is 22.9 Å². The molecule has 1 aromatic heterocycles. The molecule has 0 radical (unpaired) electrons. The molecule has 7 nitrogen and oxygen atoms in total. The third kappa shape index (κ3) is 5.29. The van der Waals surface area contributed by atoms with E-state index >= 15 is 0 Å². The van der Waals surface area contributed by atoms with Gasteiger partial charge in [0.05, 0.1) is 12.0 Å². The summed E-state index contributed by atoms with van der Waals surface area (Å²) in [6, 6.07) is 23.1. The van der Waals surface area contributed by atoms with Gasteiger partial charge in [-0.05, 0) is 60.7 Å². The summed E-state index contributed by atoms with van der Waals surface area (Å²) in [5.41, 5.74) is 4.80. The van der Waals surface area contributed by atoms with Crippen molar-refractivity contribution in [1.29, 1.82) is 0 Å². The maximum Gasteiger partial charge on any atom is 0.294 e. The number of carbonyl (C=O) groups is 3. The molecule has 0 spiro atoms. The molecule has 0 atom stereocenters. The molecule has 0 bridgehead atoms. The quantitative estimate of drug-likeness (QED) is 0.323. The van der Waals surface area contributed by atoms with E-state index in [1.54, 1.807) is 37.5 Å². The molecule has 186 valence electrons. The number of carbonyl (C=O) groups excluding carboxylic acids is 3. The van der Waals surface area contributed by atoms with Crippen LogP contribution in [-0.4, -0.2) is 40.2 Å². The van der Waals surface area contributed by atoms with Crippen molar-refractivity contribution in [2.75, 3.05) is 19.0 Å². The van der Waals surface area contributed by atoms with E-state index in [1.165, 1.54) is 11.1 Å². The van der Waals surface area contributed by atoms with Crippen LogP contribution < -0.4 is 10.1 Å². The van der Waals surface area contributed by atoms with E-state index in [0.717, 1.165) is 33.1 Å². The molecule has 1 saturated heterocycles. The monoisotopic (exact) mass is 511 g/mol. The number of rotatable bonds is 7. The molecule has 0 aliphatic carbocycles. The lowest BCUT2D eigenvalue weighted by molar-refractivity contribution is -0.127. The fourth-order valence-corrected chi connectivity index (χ4v) is 5.15. The number of amides is 3. The van der Waals surface area contributed by atoms with Crippen molar-refractivity contribution in [3.63, 3.8) is 0 Å². The van der Waals surface area contributed by atoms with Crippen LogP contribution in [-0.2, 0) is 16.1 Å². The number of aromatic nitrogens is 1. The summed E-state index contributed by atoms with van der Waals surface area (Å²) in [4.78, 5) is 39.5. The summed E-state index contributed by atoms with van der Waals surface area (Å²) >= 11 is 0.846. The summed E-state index contributed by atoms with van der Waals surface area (Å²) in [6.45, 7) is 2.39. The fourth-order valence-electron chi connectivity index (χ4n) is 4.32. The summed E-state index contributed by atoms with van der Waals surface area (Å²) in [5, 5.41) is 3.23. The number of para-hydroxylation sites is 1. The van der Waals surface area contributed by atoms with Gasteiger partial charge in [0.15, 0.2) is 0 Å². The molecule has 2 heterocycles. The van der Waals surface area contributed by atoms with Crippen LogP contribution in [0.5, 0.6) is 5.75 Å². The van der Waals surface area contributed by atoms with Crippen molar-refractivity contribution >= 4 is 51.5 Å². The largest absolute Gasteiger partial charge is 0.497 e. The number of benzene rings is 3. The Kier molecular flexibility index (Phi) is 6.83. The van der Waals surface area contributed by atoms with E-state index in [4.69, 9.17) is 4.74 Å². The Morgan fingerprint density at radius 1 is 1.03 bits per heavy atom. The van der Waals surface area contributed by atoms with Gasteiger partial charge in [-0.3, -0.25) is 19.3 Å². The molecule has 8 heteroatoms. The van der Waals surface area contributed by atoms with Gasteiger partial charge in [0.25, 0.3) is 11.1 Å². The number of aryl methyl sites for hydroxylation is 1. The van der Waals surface area contributed by atoms with E-state index < -0.39 is 17.1 Å². The number of nitrogens with zero attached hydrogens (tertiary/aromatic N) is 2. The number of anilines is 1. The van der Waals surface area contributed by atoms with Gasteiger partial charge in [-0.1, -0.05) is 48.0 Å². The average Bonchev–Trinajstić information content (AvgIpc) is 3.36. The first-order chi connectivity index (χ1) is 17.9. The molecule has 1 fully saturated rings. The molecule has 1 aliphatic rings. The second kappa shape index (κ2) is 10.4. The number of methoxy groups -OCH3 is 1. The minimum atomic E-state index is -0.476. The highest BCUT2D eigenvalue weighted by Crippen LogP contribution is 2.34. The van der Waals surface area contributed by atoms with Gasteiger partial charge in [0.2, 0.25) is 5.91 Å². The van der Waals surface area contributed by atoms with Gasteiger partial charge in [0, 0.05) is 34.9 Å². The first-order valence-electron chi connectivity index (χ1n) is 11.7. The van der Waals surface area contributed by atoms with E-state index in [2.05, 4.69) is 35.0 Å². The fraction of sp³-hybridized carbons (Fsp3) is 0.138. The number of nitrogens with one attached hydrogen (secondary N) is 1. The highest BCUT2D eigenvalue weighted by atomic mass is 32.2. The van der Waals surface area contributed by atoms with E-state index in [-0.39, 0.29) is 6.54 Å². The SMILES string of the molecule is COc1ccc(NC(=O)CN2C(=O)S/C(=C/c3cn(Cc4cccc(C)c4)c4ccccc34)C2=O)cc1. The third-order valence-corrected chi connectivity index (χ3v) is 7.00. The molecule has 0 saturated carbocycles. The molecule has 1 aliphatic heterocycles. The normalized spacial score (nSPS) is 14.5. The first-order valence-corrected chi connectivity index (χ1v) is 12.6. The summed E-state index contributed by atoms with van der Waals surface area (Å²) in [5.74, 6) is -0.270. The molecule has 37 heavy (non-hydrogen) atoms. The van der Waals surface area contributed by atoms with Crippen LogP contribution in [0.4, 0.5) is 10.5 Å². The van der Waals surface area contributed by atoms with Crippen LogP contribution in [0.1, 0.15) is 16.7 Å². The minimum Gasteiger partial charge on any atom is -0.497 e. The Morgan fingerprint density at radius 2 is 1.81 bits per heavy atom. The zero-order chi connectivity index (χ0) is 25.9. The maximum atomic E-state index is 13.1. The third-order valence-electron chi connectivity index (χ3n) is 6.09. The van der Waals surface area contributed by atoms with Crippen molar-refractivity contribution in [2.24, 2.45) is 0 Å². The standard InChI is InChI=1S/C29H25N3O4S/c1-19-6-5-7-20(14-19)16-31-17-21(24-8-3-4-9-25(24)31)15-26-28(34)32(29(35)37-26)18-27(33)30-22-10-12-23(36-2)13-11-22/h3-15,17H,16,18H2,1-2H3,(H,30,33)/b26-15+. The summed E-state index contributed by atoms with van der Waals surface area (Å²) < 4.78 is 7.25. The number of thioether (sulfide) groups is 1. The predicted octanol–water partition coefficient (Wildman–Crippen LogP) is 5.68. The van der Waals surface area contributed by atoms with E-state index in [1.807, 2.05) is 36.5 Å². The minimum absolute atomic E-state index is 0.292. The molecular weight excluding hydrogens is 486 g/mol. The highest BCUT2D eigenvalue weighted by Gasteiger charge is 2.36. The highest BCUT2D eigenvalue weighted by molar-refractivity contribution is 8.18. The molecule has 4 aromatic rings. The molecule has 1 N–H and O–H groups in total. The second-order valence-electron chi connectivity index (χ2n) is 8.76. The number of fused-ring (bicyclic) bond motifs is 1. The topological polar surface area (TPSA) is 80.6 Å². The number of hydrogen-bond donors (Lipinski definition) is 1. The van der Waals surface area contributed by atoms with Gasteiger partial charge >= 0.3 is 0 Å². The van der Waals surface area contributed by atoms with E-state index in [9.17, 15) is 14.4 Å².